The van der Waals surface area contributed by atoms with Gasteiger partial charge in [0.1, 0.15) is 0 Å². The highest BCUT2D eigenvalue weighted by molar-refractivity contribution is 7.89. The van der Waals surface area contributed by atoms with Crippen LogP contribution in [-0.2, 0) is 36.0 Å². The van der Waals surface area contributed by atoms with Gasteiger partial charge >= 0.3 is 0 Å². The molecule has 0 unspecified atom stereocenters. The molecule has 0 amide bonds. The van der Waals surface area contributed by atoms with Crippen LogP contribution in [0.25, 0.3) is 11.3 Å². The fourth-order valence-corrected chi connectivity index (χ4v) is 5.41. The molecule has 0 saturated carbocycles. The molecule has 0 radical (unpaired) electrons. The molecule has 1 aromatic heterocycles. The van der Waals surface area contributed by atoms with Crippen molar-refractivity contribution in [3.63, 3.8) is 0 Å². The highest BCUT2D eigenvalue weighted by Gasteiger charge is 2.23. The maximum atomic E-state index is 13.1. The molecule has 162 valence electrons. The van der Waals surface area contributed by atoms with E-state index in [0.717, 1.165) is 53.6 Å². The molecule has 6 nitrogen and oxygen atoms in total. The maximum absolute atomic E-state index is 13.1. The molecule has 7 heteroatoms. The molecule has 31 heavy (non-hydrogen) atoms. The van der Waals surface area contributed by atoms with Crippen LogP contribution in [0.2, 0.25) is 0 Å². The van der Waals surface area contributed by atoms with E-state index in [1.165, 1.54) is 4.68 Å². The van der Waals surface area contributed by atoms with Crippen LogP contribution in [0, 0.1) is 6.92 Å². The summed E-state index contributed by atoms with van der Waals surface area (Å²) in [6, 6.07) is 14.8. The monoisotopic (exact) mass is 437 g/mol. The van der Waals surface area contributed by atoms with E-state index in [2.05, 4.69) is 9.82 Å². The Bertz CT molecular complexity index is 1270. The summed E-state index contributed by atoms with van der Waals surface area (Å²) in [7, 11) is -3.71. The number of aromatic nitrogens is 2. The van der Waals surface area contributed by atoms with E-state index in [1.807, 2.05) is 49.4 Å². The number of nitrogens with one attached hydrogen (secondary N) is 1. The average molecular weight is 438 g/mol. The van der Waals surface area contributed by atoms with Crippen LogP contribution < -0.4 is 10.3 Å². The molecule has 1 aliphatic rings. The molecule has 1 N–H and O–H groups in total. The highest BCUT2D eigenvalue weighted by Crippen LogP contribution is 2.30. The molecule has 1 heterocycles. The molecule has 1 aliphatic carbocycles. The van der Waals surface area contributed by atoms with Crippen LogP contribution in [0.3, 0.4) is 0 Å². The predicted molar refractivity (Wildman–Crippen MR) is 121 cm³/mol. The van der Waals surface area contributed by atoms with E-state index in [9.17, 15) is 13.2 Å². The second-order valence-corrected chi connectivity index (χ2v) is 9.66. The molecular formula is C24H27N3O3S. The number of aryl methyl sites for hydroxylation is 2. The number of benzene rings is 2. The topological polar surface area (TPSA) is 81.1 Å². The van der Waals surface area contributed by atoms with E-state index >= 15 is 0 Å². The van der Waals surface area contributed by atoms with Gasteiger partial charge in [-0.25, -0.2) is 17.8 Å². The molecule has 3 aromatic rings. The zero-order valence-electron chi connectivity index (χ0n) is 17.9. The summed E-state index contributed by atoms with van der Waals surface area (Å²) >= 11 is 0. The first-order valence-corrected chi connectivity index (χ1v) is 12.2. The lowest BCUT2D eigenvalue weighted by Crippen LogP contribution is -2.30. The summed E-state index contributed by atoms with van der Waals surface area (Å²) in [6.07, 6.45) is 3.54. The molecule has 0 saturated heterocycles. The van der Waals surface area contributed by atoms with E-state index in [1.54, 1.807) is 13.0 Å². The van der Waals surface area contributed by atoms with Crippen molar-refractivity contribution < 1.29 is 8.42 Å². The van der Waals surface area contributed by atoms with Gasteiger partial charge in [0.05, 0.1) is 10.6 Å². The summed E-state index contributed by atoms with van der Waals surface area (Å²) in [4.78, 5) is 13.0. The Morgan fingerprint density at radius 3 is 2.45 bits per heavy atom. The number of nitrogens with zero attached hydrogens (tertiary/aromatic N) is 2. The third kappa shape index (κ3) is 4.34. The quantitative estimate of drug-likeness (QED) is 0.639. The van der Waals surface area contributed by atoms with E-state index in [4.69, 9.17) is 0 Å². The van der Waals surface area contributed by atoms with Crippen LogP contribution >= 0.6 is 0 Å². The van der Waals surface area contributed by atoms with Gasteiger partial charge in [0.2, 0.25) is 10.0 Å². The van der Waals surface area contributed by atoms with Crippen molar-refractivity contribution in [3.8, 4) is 11.3 Å². The van der Waals surface area contributed by atoms with Crippen molar-refractivity contribution in [2.45, 2.75) is 57.5 Å². The van der Waals surface area contributed by atoms with Crippen molar-refractivity contribution >= 4 is 10.0 Å². The van der Waals surface area contributed by atoms with Gasteiger partial charge in [0.15, 0.2) is 0 Å². The van der Waals surface area contributed by atoms with Crippen molar-refractivity contribution in [2.75, 3.05) is 0 Å². The summed E-state index contributed by atoms with van der Waals surface area (Å²) in [5.41, 5.74) is 4.77. The van der Waals surface area contributed by atoms with Crippen molar-refractivity contribution in [1.29, 1.82) is 0 Å². The van der Waals surface area contributed by atoms with Crippen LogP contribution in [0.5, 0.6) is 0 Å². The van der Waals surface area contributed by atoms with Crippen LogP contribution in [-0.4, -0.2) is 18.2 Å². The minimum atomic E-state index is -3.71. The first kappa shape index (κ1) is 21.5. The summed E-state index contributed by atoms with van der Waals surface area (Å²) in [5, 5.41) is 4.61. The highest BCUT2D eigenvalue weighted by atomic mass is 32.2. The standard InChI is InChI=1S/C24H27N3O3S/c1-3-27-24(28)21-12-8-7-11-20(21)23(26-27)19-14-13-17(2)22(15-19)31(29,30)25-16-18-9-5-4-6-10-18/h4-6,9-10,13-15,25H,3,7-8,11-12,16H2,1-2H3. The van der Waals surface area contributed by atoms with Gasteiger partial charge in [-0.2, -0.15) is 5.10 Å². The van der Waals surface area contributed by atoms with Crippen molar-refractivity contribution in [3.05, 3.63) is 81.1 Å². The Balaban J connectivity index is 1.76. The fraction of sp³-hybridized carbons (Fsp3) is 0.333. The Labute approximate surface area is 183 Å². The molecule has 0 aliphatic heterocycles. The molecular weight excluding hydrogens is 410 g/mol. The first-order valence-electron chi connectivity index (χ1n) is 10.7. The van der Waals surface area contributed by atoms with Crippen molar-refractivity contribution in [2.24, 2.45) is 0 Å². The van der Waals surface area contributed by atoms with Crippen molar-refractivity contribution in [1.82, 2.24) is 14.5 Å². The second-order valence-electron chi connectivity index (χ2n) is 7.92. The number of sulfonamides is 1. The molecule has 0 fully saturated rings. The largest absolute Gasteiger partial charge is 0.270 e. The summed E-state index contributed by atoms with van der Waals surface area (Å²) in [6.45, 7) is 4.39. The van der Waals surface area contributed by atoms with Gasteiger partial charge in [0, 0.05) is 24.2 Å². The van der Waals surface area contributed by atoms with E-state index < -0.39 is 10.0 Å². The van der Waals surface area contributed by atoms with Gasteiger partial charge in [-0.15, -0.1) is 0 Å². The zero-order valence-corrected chi connectivity index (χ0v) is 18.7. The Hall–Kier alpha value is -2.77. The third-order valence-corrected chi connectivity index (χ3v) is 7.37. The number of hydrogen-bond donors (Lipinski definition) is 1. The zero-order chi connectivity index (χ0) is 22.0. The molecule has 0 atom stereocenters. The average Bonchev–Trinajstić information content (AvgIpc) is 2.79. The Morgan fingerprint density at radius 2 is 1.74 bits per heavy atom. The predicted octanol–water partition coefficient (Wildman–Crippen LogP) is 3.60. The minimum Gasteiger partial charge on any atom is -0.267 e. The maximum Gasteiger partial charge on any atom is 0.270 e. The van der Waals surface area contributed by atoms with Crippen LogP contribution in [0.4, 0.5) is 0 Å². The van der Waals surface area contributed by atoms with Crippen LogP contribution in [0.15, 0.2) is 58.2 Å². The van der Waals surface area contributed by atoms with Gasteiger partial charge in [-0.1, -0.05) is 42.5 Å². The number of hydrogen-bond acceptors (Lipinski definition) is 4. The molecule has 0 spiro atoms. The van der Waals surface area contributed by atoms with Crippen LogP contribution in [0.1, 0.15) is 42.0 Å². The second kappa shape index (κ2) is 8.77. The Kier molecular flexibility index (Phi) is 6.07. The molecule has 4 rings (SSSR count). The van der Waals surface area contributed by atoms with E-state index in [-0.39, 0.29) is 17.0 Å². The number of rotatable bonds is 6. The minimum absolute atomic E-state index is 0.0227. The SMILES string of the molecule is CCn1nc(-c2ccc(C)c(S(=O)(=O)NCc3ccccc3)c2)c2c(c1=O)CCCC2. The van der Waals surface area contributed by atoms with Gasteiger partial charge in [-0.05, 0) is 62.3 Å². The Morgan fingerprint density at radius 1 is 1.03 bits per heavy atom. The van der Waals surface area contributed by atoms with E-state index in [0.29, 0.717) is 12.1 Å². The lowest BCUT2D eigenvalue weighted by atomic mass is 9.89. The normalized spacial score (nSPS) is 13.7. The lowest BCUT2D eigenvalue weighted by Gasteiger charge is -2.20. The number of fused-ring (bicyclic) bond motifs is 1. The fourth-order valence-electron chi connectivity index (χ4n) is 4.12. The lowest BCUT2D eigenvalue weighted by molar-refractivity contribution is 0.579. The summed E-state index contributed by atoms with van der Waals surface area (Å²) < 4.78 is 30.4. The summed E-state index contributed by atoms with van der Waals surface area (Å²) in [5.74, 6) is 0. The van der Waals surface area contributed by atoms with Gasteiger partial charge in [-0.3, -0.25) is 4.79 Å². The smallest absolute Gasteiger partial charge is 0.267 e. The van der Waals surface area contributed by atoms with Gasteiger partial charge in [0.25, 0.3) is 5.56 Å². The van der Waals surface area contributed by atoms with Gasteiger partial charge < -0.3 is 0 Å². The molecule has 0 bridgehead atoms. The first-order chi connectivity index (χ1) is 14.9. The molecule has 2 aromatic carbocycles. The third-order valence-electron chi connectivity index (χ3n) is 5.83.